The van der Waals surface area contributed by atoms with Crippen molar-refractivity contribution in [3.63, 3.8) is 0 Å². The fraction of sp³-hybridized carbons (Fsp3) is 0.211. The third-order valence-electron chi connectivity index (χ3n) is 4.27. The van der Waals surface area contributed by atoms with E-state index in [4.69, 9.17) is 4.74 Å². The molecule has 0 spiro atoms. The maximum atomic E-state index is 13.0. The Morgan fingerprint density at radius 3 is 1.96 bits per heavy atom. The first-order valence-electron chi connectivity index (χ1n) is 7.34. The summed E-state index contributed by atoms with van der Waals surface area (Å²) in [6, 6.07) is 11.8. The predicted octanol–water partition coefficient (Wildman–Crippen LogP) is 3.14. The molecule has 1 aliphatic rings. The molecule has 1 aliphatic carbocycles. The molecule has 0 aliphatic heterocycles. The molecule has 0 unspecified atom stereocenters. The third kappa shape index (κ3) is 2.10. The molecule has 0 radical (unpaired) electrons. The minimum atomic E-state index is -1.91. The van der Waals surface area contributed by atoms with Gasteiger partial charge in [-0.2, -0.15) is 0 Å². The Morgan fingerprint density at radius 2 is 1.48 bits per heavy atom. The number of ketones is 2. The van der Waals surface area contributed by atoms with E-state index >= 15 is 0 Å². The van der Waals surface area contributed by atoms with Gasteiger partial charge in [-0.05, 0) is 25.0 Å². The monoisotopic (exact) mass is 308 g/mol. The zero-order valence-corrected chi connectivity index (χ0v) is 13.2. The fourth-order valence-electron chi connectivity index (χ4n) is 2.95. The molecule has 0 fully saturated rings. The van der Waals surface area contributed by atoms with E-state index in [1.165, 1.54) is 6.92 Å². The van der Waals surface area contributed by atoms with E-state index in [-0.39, 0.29) is 11.1 Å². The first-order valence-corrected chi connectivity index (χ1v) is 7.34. The average Bonchev–Trinajstić information content (AvgIpc) is 2.73. The molecule has 116 valence electrons. The molecule has 0 bridgehead atoms. The summed E-state index contributed by atoms with van der Waals surface area (Å²) in [6.07, 6.45) is 0. The zero-order chi connectivity index (χ0) is 16.8. The molecule has 0 N–H and O–H groups in total. The van der Waals surface area contributed by atoms with Crippen LogP contribution in [0.4, 0.5) is 0 Å². The van der Waals surface area contributed by atoms with E-state index in [0.29, 0.717) is 5.56 Å². The highest BCUT2D eigenvalue weighted by Gasteiger charge is 2.57. The van der Waals surface area contributed by atoms with E-state index < -0.39 is 23.1 Å². The summed E-state index contributed by atoms with van der Waals surface area (Å²) in [5, 5.41) is 0. The van der Waals surface area contributed by atoms with Crippen LogP contribution in [0.1, 0.15) is 44.3 Å². The van der Waals surface area contributed by atoms with Gasteiger partial charge in [0.25, 0.3) is 5.60 Å². The van der Waals surface area contributed by atoms with Gasteiger partial charge in [0, 0.05) is 23.6 Å². The van der Waals surface area contributed by atoms with Crippen molar-refractivity contribution in [1.29, 1.82) is 0 Å². The van der Waals surface area contributed by atoms with Crippen LogP contribution in [0.5, 0.6) is 0 Å². The van der Waals surface area contributed by atoms with Gasteiger partial charge in [-0.15, -0.1) is 0 Å². The number of aryl methyl sites for hydroxylation is 2. The molecule has 0 saturated carbocycles. The summed E-state index contributed by atoms with van der Waals surface area (Å²) < 4.78 is 5.35. The standard InChI is InChI=1S/C19H16O4/c1-11-8-9-14(10-12(11)2)19(23-13(3)20)17(21)15-6-4-5-7-16(15)18(19)22/h4-10H,1-3H3. The molecule has 0 saturated heterocycles. The highest BCUT2D eigenvalue weighted by Crippen LogP contribution is 2.41. The minimum absolute atomic E-state index is 0.289. The largest absolute Gasteiger partial charge is 0.437 e. The quantitative estimate of drug-likeness (QED) is 0.631. The van der Waals surface area contributed by atoms with Gasteiger partial charge in [-0.25, -0.2) is 0 Å². The molecule has 0 aromatic heterocycles. The van der Waals surface area contributed by atoms with Crippen LogP contribution in [0.2, 0.25) is 0 Å². The van der Waals surface area contributed by atoms with E-state index in [1.807, 2.05) is 19.9 Å². The lowest BCUT2D eigenvalue weighted by Crippen LogP contribution is -2.42. The van der Waals surface area contributed by atoms with Crippen LogP contribution in [0.25, 0.3) is 0 Å². The van der Waals surface area contributed by atoms with E-state index in [9.17, 15) is 14.4 Å². The van der Waals surface area contributed by atoms with Crippen LogP contribution < -0.4 is 0 Å². The Morgan fingerprint density at radius 1 is 0.913 bits per heavy atom. The van der Waals surface area contributed by atoms with Gasteiger partial charge in [-0.3, -0.25) is 14.4 Å². The molecule has 0 atom stereocenters. The van der Waals surface area contributed by atoms with Crippen molar-refractivity contribution in [2.24, 2.45) is 0 Å². The van der Waals surface area contributed by atoms with Gasteiger partial charge in [0.05, 0.1) is 0 Å². The van der Waals surface area contributed by atoms with Crippen molar-refractivity contribution in [3.8, 4) is 0 Å². The highest BCUT2D eigenvalue weighted by molar-refractivity contribution is 6.32. The predicted molar refractivity (Wildman–Crippen MR) is 84.5 cm³/mol. The molecule has 0 amide bonds. The molecule has 3 rings (SSSR count). The second-order valence-electron chi connectivity index (χ2n) is 5.78. The second kappa shape index (κ2) is 5.16. The lowest BCUT2D eigenvalue weighted by atomic mass is 9.86. The molecule has 2 aromatic carbocycles. The minimum Gasteiger partial charge on any atom is -0.437 e. The lowest BCUT2D eigenvalue weighted by molar-refractivity contribution is -0.149. The molecular formula is C19H16O4. The Hall–Kier alpha value is -2.75. The van der Waals surface area contributed by atoms with Crippen molar-refractivity contribution < 1.29 is 19.1 Å². The summed E-state index contributed by atoms with van der Waals surface area (Å²) in [7, 11) is 0. The van der Waals surface area contributed by atoms with Gasteiger partial charge in [0.2, 0.25) is 11.6 Å². The summed E-state index contributed by atoms with van der Waals surface area (Å²) in [5.74, 6) is -1.65. The maximum Gasteiger partial charge on any atom is 0.304 e. The van der Waals surface area contributed by atoms with E-state index in [1.54, 1.807) is 36.4 Å². The topological polar surface area (TPSA) is 60.4 Å². The number of esters is 1. The smallest absolute Gasteiger partial charge is 0.304 e. The van der Waals surface area contributed by atoms with Crippen LogP contribution in [0, 0.1) is 13.8 Å². The van der Waals surface area contributed by atoms with Crippen LogP contribution in [-0.2, 0) is 15.1 Å². The number of carbonyl (C=O) groups excluding carboxylic acids is 3. The number of hydrogen-bond donors (Lipinski definition) is 0. The maximum absolute atomic E-state index is 13.0. The zero-order valence-electron chi connectivity index (χ0n) is 13.2. The van der Waals surface area contributed by atoms with Crippen molar-refractivity contribution in [3.05, 3.63) is 70.3 Å². The Balaban J connectivity index is 2.28. The van der Waals surface area contributed by atoms with Crippen LogP contribution in [0.15, 0.2) is 42.5 Å². The Bertz CT molecular complexity index is 813. The molecule has 0 heterocycles. The van der Waals surface area contributed by atoms with Crippen molar-refractivity contribution in [2.75, 3.05) is 0 Å². The van der Waals surface area contributed by atoms with Gasteiger partial charge >= 0.3 is 5.97 Å². The summed E-state index contributed by atoms with van der Waals surface area (Å²) >= 11 is 0. The number of carbonyl (C=O) groups is 3. The fourth-order valence-corrected chi connectivity index (χ4v) is 2.95. The lowest BCUT2D eigenvalue weighted by Gasteiger charge is -2.26. The Kier molecular flexibility index (Phi) is 3.40. The van der Waals surface area contributed by atoms with E-state index in [0.717, 1.165) is 11.1 Å². The number of hydrogen-bond acceptors (Lipinski definition) is 4. The number of rotatable bonds is 2. The summed E-state index contributed by atoms with van der Waals surface area (Å²) in [5.41, 5.74) is 1.01. The number of fused-ring (bicyclic) bond motifs is 1. The third-order valence-corrected chi connectivity index (χ3v) is 4.27. The van der Waals surface area contributed by atoms with Crippen molar-refractivity contribution in [1.82, 2.24) is 0 Å². The van der Waals surface area contributed by atoms with Crippen molar-refractivity contribution in [2.45, 2.75) is 26.4 Å². The van der Waals surface area contributed by atoms with Gasteiger partial charge in [0.15, 0.2) is 0 Å². The van der Waals surface area contributed by atoms with E-state index in [2.05, 4.69) is 0 Å². The molecular weight excluding hydrogens is 292 g/mol. The first kappa shape index (κ1) is 15.2. The average molecular weight is 308 g/mol. The van der Waals surface area contributed by atoms with Crippen LogP contribution in [-0.4, -0.2) is 17.5 Å². The highest BCUT2D eigenvalue weighted by atomic mass is 16.6. The number of benzene rings is 2. The SMILES string of the molecule is CC(=O)OC1(c2ccc(C)c(C)c2)C(=O)c2ccccc2C1=O. The van der Waals surface area contributed by atoms with Gasteiger partial charge < -0.3 is 4.74 Å². The number of Topliss-reactive ketones (excluding diaryl/α,β-unsaturated/α-hetero) is 2. The van der Waals surface area contributed by atoms with Gasteiger partial charge in [0.1, 0.15) is 0 Å². The van der Waals surface area contributed by atoms with Gasteiger partial charge in [-0.1, -0.05) is 42.5 Å². The summed E-state index contributed by atoms with van der Waals surface area (Å²) in [6.45, 7) is 5.02. The second-order valence-corrected chi connectivity index (χ2v) is 5.78. The molecule has 4 heteroatoms. The molecule has 2 aromatic rings. The molecule has 23 heavy (non-hydrogen) atoms. The normalized spacial score (nSPS) is 15.4. The Labute approximate surface area is 134 Å². The van der Waals surface area contributed by atoms with Crippen molar-refractivity contribution >= 4 is 17.5 Å². The van der Waals surface area contributed by atoms with Crippen LogP contribution in [0.3, 0.4) is 0 Å². The van der Waals surface area contributed by atoms with Crippen LogP contribution >= 0.6 is 0 Å². The summed E-state index contributed by atoms with van der Waals surface area (Å²) in [4.78, 5) is 37.6. The molecule has 4 nitrogen and oxygen atoms in total. The number of ether oxygens (including phenoxy) is 1. The first-order chi connectivity index (χ1) is 10.9.